The molecule has 0 aromatic heterocycles. The standard InChI is InChI=1S/C25H40FN3O2/c1-15(4-5-18(30)14-26)19-6-7-20-23-21(9-11-25(19,20)3)24(2)10-8-17(28-29-27)12-16(24)13-22(23)31/h15-17,19-23,31H,4-14H2,1-3H3/t15-,16+,17-,19-,20+,21+,22-,23+,24+,25-/m1/s1. The summed E-state index contributed by atoms with van der Waals surface area (Å²) in [5, 5.41) is 15.4. The van der Waals surface area contributed by atoms with Crippen LogP contribution in [0, 0.1) is 46.3 Å². The minimum Gasteiger partial charge on any atom is -0.393 e. The van der Waals surface area contributed by atoms with E-state index in [1.807, 2.05) is 0 Å². The summed E-state index contributed by atoms with van der Waals surface area (Å²) in [4.78, 5) is 14.6. The van der Waals surface area contributed by atoms with E-state index in [9.17, 15) is 14.3 Å². The molecule has 0 aliphatic heterocycles. The predicted octanol–water partition coefficient (Wildman–Crippen LogP) is 6.25. The lowest BCUT2D eigenvalue weighted by Crippen LogP contribution is -2.58. The van der Waals surface area contributed by atoms with Crippen molar-refractivity contribution in [2.45, 2.75) is 97.1 Å². The Morgan fingerprint density at radius 2 is 1.87 bits per heavy atom. The maximum atomic E-state index is 12.6. The molecule has 0 amide bonds. The van der Waals surface area contributed by atoms with E-state index in [-0.39, 0.29) is 28.8 Å². The lowest BCUT2D eigenvalue weighted by Gasteiger charge is -2.62. The van der Waals surface area contributed by atoms with Gasteiger partial charge in [-0.15, -0.1) is 0 Å². The SMILES string of the molecule is C[C@H](CCC(=O)CF)[C@H]1CC[C@H]2[C@@H]3[C@H](O)C[C@@H]4C[C@H](N=[N+]=[N-])CC[C@]4(C)[C@H]3CC[C@]12C. The van der Waals surface area contributed by atoms with Crippen molar-refractivity contribution >= 4 is 5.78 Å². The van der Waals surface area contributed by atoms with E-state index in [0.29, 0.717) is 41.9 Å². The molecule has 0 bridgehead atoms. The van der Waals surface area contributed by atoms with Gasteiger partial charge in [-0.1, -0.05) is 25.9 Å². The van der Waals surface area contributed by atoms with Gasteiger partial charge in [-0.05, 0) is 110 Å². The summed E-state index contributed by atoms with van der Waals surface area (Å²) in [6, 6.07) is 0.0874. The van der Waals surface area contributed by atoms with Gasteiger partial charge in [-0.2, -0.15) is 0 Å². The quantitative estimate of drug-likeness (QED) is 0.305. The van der Waals surface area contributed by atoms with Gasteiger partial charge in [0.25, 0.3) is 0 Å². The molecular formula is C25H40FN3O2. The molecule has 1 N–H and O–H groups in total. The largest absolute Gasteiger partial charge is 0.393 e. The maximum absolute atomic E-state index is 12.6. The van der Waals surface area contributed by atoms with Crippen LogP contribution in [0.15, 0.2) is 5.11 Å². The molecule has 0 spiro atoms. The molecule has 4 saturated carbocycles. The van der Waals surface area contributed by atoms with Crippen LogP contribution in [0.2, 0.25) is 0 Å². The second-order valence-corrected chi connectivity index (χ2v) is 11.8. The monoisotopic (exact) mass is 433 g/mol. The first kappa shape index (κ1) is 23.0. The van der Waals surface area contributed by atoms with E-state index in [4.69, 9.17) is 5.53 Å². The molecule has 0 radical (unpaired) electrons. The van der Waals surface area contributed by atoms with Crippen molar-refractivity contribution in [3.63, 3.8) is 0 Å². The molecule has 0 unspecified atom stereocenters. The number of rotatable bonds is 6. The van der Waals surface area contributed by atoms with Gasteiger partial charge in [0, 0.05) is 17.4 Å². The van der Waals surface area contributed by atoms with Crippen molar-refractivity contribution in [1.29, 1.82) is 0 Å². The zero-order valence-electron chi connectivity index (χ0n) is 19.5. The number of carbonyl (C=O) groups excluding carboxylic acids is 1. The molecule has 0 aromatic carbocycles. The molecule has 4 fully saturated rings. The van der Waals surface area contributed by atoms with Crippen LogP contribution >= 0.6 is 0 Å². The molecule has 6 heteroatoms. The smallest absolute Gasteiger partial charge is 0.163 e. The maximum Gasteiger partial charge on any atom is 0.163 e. The predicted molar refractivity (Wildman–Crippen MR) is 119 cm³/mol. The van der Waals surface area contributed by atoms with Gasteiger partial charge in [0.2, 0.25) is 0 Å². The van der Waals surface area contributed by atoms with Crippen LogP contribution in [-0.4, -0.2) is 29.7 Å². The Kier molecular flexibility index (Phi) is 6.44. The zero-order valence-corrected chi connectivity index (χ0v) is 19.5. The number of Topliss-reactive ketones (excluding diaryl/α,β-unsaturated/α-hetero) is 1. The minimum atomic E-state index is -0.840. The van der Waals surface area contributed by atoms with Gasteiger partial charge >= 0.3 is 0 Å². The average molecular weight is 434 g/mol. The van der Waals surface area contributed by atoms with Crippen molar-refractivity contribution in [2.24, 2.45) is 51.5 Å². The highest BCUT2D eigenvalue weighted by Crippen LogP contribution is 2.68. The molecule has 4 aliphatic rings. The Morgan fingerprint density at radius 3 is 2.58 bits per heavy atom. The van der Waals surface area contributed by atoms with Crippen molar-refractivity contribution < 1.29 is 14.3 Å². The Labute approximate surface area is 186 Å². The van der Waals surface area contributed by atoms with Crippen LogP contribution in [0.5, 0.6) is 0 Å². The third-order valence-corrected chi connectivity index (χ3v) is 10.7. The van der Waals surface area contributed by atoms with Crippen LogP contribution < -0.4 is 0 Å². The van der Waals surface area contributed by atoms with E-state index >= 15 is 0 Å². The van der Waals surface area contributed by atoms with Crippen LogP contribution in [0.4, 0.5) is 4.39 Å². The molecule has 31 heavy (non-hydrogen) atoms. The van der Waals surface area contributed by atoms with E-state index in [2.05, 4.69) is 30.8 Å². The molecule has 0 aromatic rings. The average Bonchev–Trinajstić information content (AvgIpc) is 3.10. The number of halogens is 1. The number of fused-ring (bicyclic) bond motifs is 5. The molecule has 5 nitrogen and oxygen atoms in total. The van der Waals surface area contributed by atoms with Gasteiger partial charge in [-0.25, -0.2) is 4.39 Å². The molecule has 0 saturated heterocycles. The lowest BCUT2D eigenvalue weighted by atomic mass is 9.43. The van der Waals surface area contributed by atoms with Crippen LogP contribution in [0.25, 0.3) is 10.4 Å². The van der Waals surface area contributed by atoms with E-state index in [1.54, 1.807) is 0 Å². The van der Waals surface area contributed by atoms with Gasteiger partial charge in [0.05, 0.1) is 6.10 Å². The van der Waals surface area contributed by atoms with E-state index in [1.165, 1.54) is 25.7 Å². The highest BCUT2D eigenvalue weighted by Gasteiger charge is 2.62. The van der Waals surface area contributed by atoms with Crippen LogP contribution in [-0.2, 0) is 4.79 Å². The number of hydrogen-bond donors (Lipinski definition) is 1. The number of ketones is 1. The number of carbonyl (C=O) groups is 1. The Bertz CT molecular complexity index is 740. The number of aliphatic hydroxyl groups is 1. The summed E-state index contributed by atoms with van der Waals surface area (Å²) in [7, 11) is 0. The normalized spacial score (nSPS) is 47.5. The molecule has 0 heterocycles. The number of nitrogens with zero attached hydrogens (tertiary/aromatic N) is 3. The lowest BCUT2D eigenvalue weighted by molar-refractivity contribution is -0.166. The fourth-order valence-electron chi connectivity index (χ4n) is 9.01. The van der Waals surface area contributed by atoms with Crippen molar-refractivity contribution in [2.75, 3.05) is 6.67 Å². The van der Waals surface area contributed by atoms with Crippen LogP contribution in [0.1, 0.15) is 85.0 Å². The third-order valence-electron chi connectivity index (χ3n) is 10.7. The zero-order chi connectivity index (χ0) is 22.4. The molecule has 4 aliphatic carbocycles. The van der Waals surface area contributed by atoms with Gasteiger partial charge in [-0.3, -0.25) is 4.79 Å². The summed E-state index contributed by atoms with van der Waals surface area (Å²) in [5.41, 5.74) is 9.33. The number of hydrogen-bond acceptors (Lipinski definition) is 3. The van der Waals surface area contributed by atoms with E-state index in [0.717, 1.165) is 32.1 Å². The summed E-state index contributed by atoms with van der Waals surface area (Å²) >= 11 is 0. The minimum absolute atomic E-state index is 0.0874. The number of alkyl halides is 1. The third kappa shape index (κ3) is 3.82. The van der Waals surface area contributed by atoms with Gasteiger partial charge < -0.3 is 5.11 Å². The van der Waals surface area contributed by atoms with Gasteiger partial charge in [0.15, 0.2) is 5.78 Å². The molecule has 4 rings (SSSR count). The second kappa shape index (κ2) is 8.67. The summed E-state index contributed by atoms with van der Waals surface area (Å²) in [6.45, 7) is 6.31. The van der Waals surface area contributed by atoms with Crippen molar-refractivity contribution in [3.05, 3.63) is 10.4 Å². The molecule has 10 atom stereocenters. The molecule has 174 valence electrons. The first-order valence-electron chi connectivity index (χ1n) is 12.5. The summed E-state index contributed by atoms with van der Waals surface area (Å²) < 4.78 is 12.6. The Hall–Kier alpha value is -1.13. The fourth-order valence-corrected chi connectivity index (χ4v) is 9.01. The Balaban J connectivity index is 1.52. The number of aliphatic hydroxyl groups excluding tert-OH is 1. The van der Waals surface area contributed by atoms with Crippen molar-refractivity contribution in [3.8, 4) is 0 Å². The fraction of sp³-hybridized carbons (Fsp3) is 0.960. The summed E-state index contributed by atoms with van der Waals surface area (Å²) in [6.07, 6.45) is 9.41. The first-order chi connectivity index (χ1) is 14.7. The van der Waals surface area contributed by atoms with Crippen LogP contribution in [0.3, 0.4) is 0 Å². The van der Waals surface area contributed by atoms with E-state index < -0.39 is 6.67 Å². The highest BCUT2D eigenvalue weighted by molar-refractivity contribution is 5.79. The van der Waals surface area contributed by atoms with Gasteiger partial charge in [0.1, 0.15) is 6.67 Å². The van der Waals surface area contributed by atoms with Crippen molar-refractivity contribution in [1.82, 2.24) is 0 Å². The first-order valence-corrected chi connectivity index (χ1v) is 12.5. The Morgan fingerprint density at radius 1 is 1.16 bits per heavy atom. The highest BCUT2D eigenvalue weighted by atomic mass is 19.1. The topological polar surface area (TPSA) is 86.1 Å². The number of azide groups is 1. The second-order valence-electron chi connectivity index (χ2n) is 11.8. The summed E-state index contributed by atoms with van der Waals surface area (Å²) in [5.74, 6) is 2.61. The molecular weight excluding hydrogens is 393 g/mol.